The molecule has 0 aromatic rings. The highest BCUT2D eigenvalue weighted by atomic mass is 16.6. The van der Waals surface area contributed by atoms with E-state index in [1.54, 1.807) is 0 Å². The zero-order valence-electron chi connectivity index (χ0n) is 15.1. The molecule has 1 fully saturated rings. The first-order valence-electron chi connectivity index (χ1n) is 9.55. The van der Waals surface area contributed by atoms with Crippen LogP contribution in [-0.2, 0) is 9.47 Å². The lowest BCUT2D eigenvalue weighted by molar-refractivity contribution is -0.199. The highest BCUT2D eigenvalue weighted by Crippen LogP contribution is 2.16. The molecule has 142 valence electrons. The van der Waals surface area contributed by atoms with Crippen molar-refractivity contribution in [2.75, 3.05) is 19.8 Å². The van der Waals surface area contributed by atoms with Crippen molar-refractivity contribution in [1.29, 1.82) is 0 Å². The first-order chi connectivity index (χ1) is 11.7. The summed E-state index contributed by atoms with van der Waals surface area (Å²) in [4.78, 5) is 0. The number of ether oxygens (including phenoxy) is 2. The summed E-state index contributed by atoms with van der Waals surface area (Å²) in [6.07, 6.45) is 11.8. The van der Waals surface area contributed by atoms with Gasteiger partial charge in [0.1, 0.15) is 24.4 Å². The molecule has 0 radical (unpaired) electrons. The van der Waals surface area contributed by atoms with Crippen LogP contribution in [0.5, 0.6) is 0 Å². The second-order valence-corrected chi connectivity index (χ2v) is 6.67. The Morgan fingerprint density at radius 2 is 1.58 bits per heavy atom. The van der Waals surface area contributed by atoms with Crippen molar-refractivity contribution in [2.45, 2.75) is 89.1 Å². The molecule has 5 nitrogen and oxygen atoms in total. The monoisotopic (exact) mass is 344 g/mol. The third-order valence-electron chi connectivity index (χ3n) is 4.46. The van der Waals surface area contributed by atoms with E-state index in [0.29, 0.717) is 6.61 Å². The predicted octanol–water partition coefficient (Wildman–Crippen LogP) is 2.57. The Kier molecular flexibility index (Phi) is 12.4. The molecule has 1 rings (SSSR count). The van der Waals surface area contributed by atoms with E-state index in [4.69, 9.17) is 9.47 Å². The molecule has 0 bridgehead atoms. The highest BCUT2D eigenvalue weighted by Gasteiger charge is 2.37. The van der Waals surface area contributed by atoms with Crippen LogP contribution in [0.3, 0.4) is 0 Å². The van der Waals surface area contributed by atoms with Gasteiger partial charge in [0, 0.05) is 0 Å². The van der Waals surface area contributed by atoms with E-state index in [-0.39, 0.29) is 13.2 Å². The molecule has 1 aliphatic heterocycles. The third-order valence-corrected chi connectivity index (χ3v) is 4.46. The fourth-order valence-electron chi connectivity index (χ4n) is 2.82. The van der Waals surface area contributed by atoms with Gasteiger partial charge in [0.05, 0.1) is 19.8 Å². The van der Waals surface area contributed by atoms with Crippen molar-refractivity contribution >= 4 is 0 Å². The maximum absolute atomic E-state index is 9.77. The van der Waals surface area contributed by atoms with Crippen LogP contribution in [0.4, 0.5) is 0 Å². The van der Waals surface area contributed by atoms with E-state index in [1.165, 1.54) is 44.9 Å². The van der Waals surface area contributed by atoms with Gasteiger partial charge in [-0.05, 0) is 19.3 Å². The van der Waals surface area contributed by atoms with Gasteiger partial charge in [0.25, 0.3) is 0 Å². The topological polar surface area (TPSA) is 79.2 Å². The molecular weight excluding hydrogens is 308 g/mol. The number of hydrogen-bond acceptors (Lipinski definition) is 5. The second kappa shape index (κ2) is 13.8. The Balaban J connectivity index is 1.91. The average Bonchev–Trinajstić information content (AvgIpc) is 2.58. The van der Waals surface area contributed by atoms with Crippen molar-refractivity contribution in [3.63, 3.8) is 0 Å². The van der Waals surface area contributed by atoms with Crippen LogP contribution < -0.4 is 0 Å². The SMILES string of the molecule is CCCCCCCCC/C=C/CCOC[C@H]1OC[C@H](O)[C@@H](O)[C@@H]1O. The van der Waals surface area contributed by atoms with Crippen LogP contribution in [0.25, 0.3) is 0 Å². The predicted molar refractivity (Wildman–Crippen MR) is 94.9 cm³/mol. The number of hydrogen-bond donors (Lipinski definition) is 3. The van der Waals surface area contributed by atoms with Gasteiger partial charge in [-0.15, -0.1) is 0 Å². The number of unbranched alkanes of at least 4 members (excludes halogenated alkanes) is 7. The van der Waals surface area contributed by atoms with Crippen molar-refractivity contribution in [3.8, 4) is 0 Å². The summed E-state index contributed by atoms with van der Waals surface area (Å²) in [6.45, 7) is 3.08. The molecule has 0 amide bonds. The Morgan fingerprint density at radius 3 is 2.33 bits per heavy atom. The molecule has 3 N–H and O–H groups in total. The standard InChI is InChI=1S/C19H36O5/c1-2-3-4-5-6-7-8-9-10-11-12-13-23-15-17-19(22)18(21)16(20)14-24-17/h10-11,16-22H,2-9,12-15H2,1H3/b11-10+/t16-,17+,18+,19+/m0/s1. The Morgan fingerprint density at radius 1 is 0.917 bits per heavy atom. The maximum Gasteiger partial charge on any atom is 0.111 e. The van der Waals surface area contributed by atoms with Gasteiger partial charge in [-0.3, -0.25) is 0 Å². The van der Waals surface area contributed by atoms with Crippen LogP contribution in [-0.4, -0.2) is 59.6 Å². The summed E-state index contributed by atoms with van der Waals surface area (Å²) in [6, 6.07) is 0. The van der Waals surface area contributed by atoms with E-state index in [1.807, 2.05) is 0 Å². The smallest absolute Gasteiger partial charge is 0.111 e. The van der Waals surface area contributed by atoms with Gasteiger partial charge in [-0.1, -0.05) is 57.6 Å². The number of rotatable bonds is 13. The molecule has 5 heteroatoms. The summed E-state index contributed by atoms with van der Waals surface area (Å²) in [5.74, 6) is 0. The molecule has 0 aromatic carbocycles. The molecule has 0 unspecified atom stereocenters. The third kappa shape index (κ3) is 9.14. The van der Waals surface area contributed by atoms with Crippen molar-refractivity contribution in [1.82, 2.24) is 0 Å². The van der Waals surface area contributed by atoms with Crippen molar-refractivity contribution in [2.24, 2.45) is 0 Å². The average molecular weight is 344 g/mol. The fourth-order valence-corrected chi connectivity index (χ4v) is 2.82. The first kappa shape index (κ1) is 21.6. The largest absolute Gasteiger partial charge is 0.388 e. The summed E-state index contributed by atoms with van der Waals surface area (Å²) in [7, 11) is 0. The minimum Gasteiger partial charge on any atom is -0.388 e. The van der Waals surface area contributed by atoms with Gasteiger partial charge in [-0.25, -0.2) is 0 Å². The second-order valence-electron chi connectivity index (χ2n) is 6.67. The Bertz CT molecular complexity index is 321. The number of aliphatic hydroxyl groups excluding tert-OH is 3. The van der Waals surface area contributed by atoms with Gasteiger partial charge in [-0.2, -0.15) is 0 Å². The Hall–Kier alpha value is -0.460. The van der Waals surface area contributed by atoms with Crippen LogP contribution in [0, 0.1) is 0 Å². The molecule has 1 heterocycles. The minimum atomic E-state index is -1.16. The zero-order chi connectivity index (χ0) is 17.6. The van der Waals surface area contributed by atoms with Crippen LogP contribution in [0.1, 0.15) is 64.7 Å². The summed E-state index contributed by atoms with van der Waals surface area (Å²) in [5.41, 5.74) is 0. The molecule has 0 aliphatic carbocycles. The van der Waals surface area contributed by atoms with Gasteiger partial charge in [0.2, 0.25) is 0 Å². The molecule has 0 spiro atoms. The lowest BCUT2D eigenvalue weighted by Gasteiger charge is -2.35. The quantitative estimate of drug-likeness (QED) is 0.353. The van der Waals surface area contributed by atoms with E-state index in [9.17, 15) is 15.3 Å². The number of allylic oxidation sites excluding steroid dienone is 1. The summed E-state index contributed by atoms with van der Waals surface area (Å²) < 4.78 is 10.8. The maximum atomic E-state index is 9.77. The van der Waals surface area contributed by atoms with E-state index in [0.717, 1.165) is 12.8 Å². The van der Waals surface area contributed by atoms with Crippen molar-refractivity contribution < 1.29 is 24.8 Å². The van der Waals surface area contributed by atoms with Crippen molar-refractivity contribution in [3.05, 3.63) is 12.2 Å². The minimum absolute atomic E-state index is 0.0323. The molecule has 1 aliphatic rings. The van der Waals surface area contributed by atoms with Crippen LogP contribution in [0.15, 0.2) is 12.2 Å². The summed E-state index contributed by atoms with van der Waals surface area (Å²) in [5, 5.41) is 28.7. The molecular formula is C19H36O5. The molecule has 4 atom stereocenters. The molecule has 0 aromatic heterocycles. The van der Waals surface area contributed by atoms with E-state index < -0.39 is 24.4 Å². The van der Waals surface area contributed by atoms with E-state index in [2.05, 4.69) is 19.1 Å². The highest BCUT2D eigenvalue weighted by molar-refractivity contribution is 4.86. The van der Waals surface area contributed by atoms with E-state index >= 15 is 0 Å². The van der Waals surface area contributed by atoms with Gasteiger partial charge < -0.3 is 24.8 Å². The van der Waals surface area contributed by atoms with Crippen LogP contribution >= 0.6 is 0 Å². The normalized spacial score (nSPS) is 27.8. The lowest BCUT2D eigenvalue weighted by atomic mass is 10.0. The Labute approximate surface area is 146 Å². The van der Waals surface area contributed by atoms with Crippen LogP contribution in [0.2, 0.25) is 0 Å². The molecule has 24 heavy (non-hydrogen) atoms. The molecule has 1 saturated heterocycles. The fraction of sp³-hybridized carbons (Fsp3) is 0.895. The van der Waals surface area contributed by atoms with Gasteiger partial charge in [0.15, 0.2) is 0 Å². The van der Waals surface area contributed by atoms with Gasteiger partial charge >= 0.3 is 0 Å². The molecule has 0 saturated carbocycles. The number of aliphatic hydroxyl groups is 3. The summed E-state index contributed by atoms with van der Waals surface area (Å²) >= 11 is 0. The zero-order valence-corrected chi connectivity index (χ0v) is 15.1. The first-order valence-corrected chi connectivity index (χ1v) is 9.55. The lowest BCUT2D eigenvalue weighted by Crippen LogP contribution is -2.54.